The zero-order valence-corrected chi connectivity index (χ0v) is 11.5. The molecule has 0 heterocycles. The normalized spacial score (nSPS) is 10.9. The quantitative estimate of drug-likeness (QED) is 0.748. The van der Waals surface area contributed by atoms with Gasteiger partial charge in [0.15, 0.2) is 0 Å². The van der Waals surface area contributed by atoms with E-state index in [-0.39, 0.29) is 17.9 Å². The lowest BCUT2D eigenvalue weighted by atomic mass is 10.2. The molecule has 7 nitrogen and oxygen atoms in total. The smallest absolute Gasteiger partial charge is 0.255 e. The number of carbonyl (C=O) groups excluding carboxylic acids is 1. The van der Waals surface area contributed by atoms with Crippen molar-refractivity contribution < 1.29 is 22.7 Å². The summed E-state index contributed by atoms with van der Waals surface area (Å²) in [4.78, 5) is 11.8. The lowest BCUT2D eigenvalue weighted by Gasteiger charge is -2.10. The van der Waals surface area contributed by atoms with Crippen LogP contribution in [-0.4, -0.2) is 40.8 Å². The average Bonchev–Trinajstić information content (AvgIpc) is 2.36. The summed E-state index contributed by atoms with van der Waals surface area (Å²) in [7, 11) is -0.667. The molecule has 1 aromatic rings. The summed E-state index contributed by atoms with van der Waals surface area (Å²) in [6.07, 6.45) is 0. The lowest BCUT2D eigenvalue weighted by Crippen LogP contribution is -2.31. The highest BCUT2D eigenvalue weighted by atomic mass is 32.2. The fraction of sp³-hybridized carbons (Fsp3) is 0.364. The number of carbonyl (C=O) groups is 1. The molecular formula is C11H16N2O5S. The summed E-state index contributed by atoms with van der Waals surface area (Å²) in [5.74, 6) is 0.130. The van der Waals surface area contributed by atoms with Crippen LogP contribution in [0.2, 0.25) is 0 Å². The van der Waals surface area contributed by atoms with E-state index in [1.54, 1.807) is 12.1 Å². The molecule has 0 bridgehead atoms. The molecule has 0 fully saturated rings. The van der Waals surface area contributed by atoms with Crippen molar-refractivity contribution in [1.29, 1.82) is 0 Å². The van der Waals surface area contributed by atoms with Gasteiger partial charge >= 0.3 is 0 Å². The van der Waals surface area contributed by atoms with Gasteiger partial charge in [0.25, 0.3) is 5.91 Å². The molecule has 1 aromatic carbocycles. The van der Waals surface area contributed by atoms with Crippen molar-refractivity contribution in [2.45, 2.75) is 0 Å². The Morgan fingerprint density at radius 3 is 2.53 bits per heavy atom. The van der Waals surface area contributed by atoms with Gasteiger partial charge in [0, 0.05) is 12.6 Å². The van der Waals surface area contributed by atoms with Crippen molar-refractivity contribution in [2.75, 3.05) is 26.5 Å². The Morgan fingerprint density at radius 1 is 1.32 bits per heavy atom. The van der Waals surface area contributed by atoms with E-state index in [4.69, 9.17) is 14.6 Å². The largest absolute Gasteiger partial charge is 0.497 e. The van der Waals surface area contributed by atoms with Crippen LogP contribution in [0.5, 0.6) is 11.5 Å². The molecule has 0 aliphatic heterocycles. The first-order chi connectivity index (χ1) is 8.87. The molecule has 0 aromatic heterocycles. The van der Waals surface area contributed by atoms with Gasteiger partial charge in [-0.25, -0.2) is 13.6 Å². The Labute approximate surface area is 111 Å². The number of amides is 1. The first-order valence-corrected chi connectivity index (χ1v) is 7.09. The predicted molar refractivity (Wildman–Crippen MR) is 69.9 cm³/mol. The summed E-state index contributed by atoms with van der Waals surface area (Å²) in [5, 5.41) is 7.28. The van der Waals surface area contributed by atoms with Crippen LogP contribution in [0.4, 0.5) is 0 Å². The van der Waals surface area contributed by atoms with E-state index >= 15 is 0 Å². The summed E-state index contributed by atoms with van der Waals surface area (Å²) in [6.45, 7) is -0.0626. The molecule has 1 rings (SSSR count). The van der Waals surface area contributed by atoms with E-state index in [0.717, 1.165) is 0 Å². The van der Waals surface area contributed by atoms with Gasteiger partial charge in [-0.2, -0.15) is 0 Å². The van der Waals surface area contributed by atoms with E-state index < -0.39 is 15.9 Å². The molecule has 0 radical (unpaired) electrons. The molecule has 1 amide bonds. The van der Waals surface area contributed by atoms with E-state index in [0.29, 0.717) is 11.5 Å². The topological polar surface area (TPSA) is 108 Å². The summed E-state index contributed by atoms with van der Waals surface area (Å²) < 4.78 is 31.6. The first-order valence-electron chi connectivity index (χ1n) is 5.38. The molecule has 0 aliphatic carbocycles. The number of rotatable bonds is 6. The van der Waals surface area contributed by atoms with Crippen molar-refractivity contribution >= 4 is 15.9 Å². The Kier molecular flexibility index (Phi) is 5.13. The van der Waals surface area contributed by atoms with Gasteiger partial charge in [0.2, 0.25) is 10.0 Å². The van der Waals surface area contributed by atoms with E-state index in [1.165, 1.54) is 20.3 Å². The van der Waals surface area contributed by atoms with E-state index in [9.17, 15) is 13.2 Å². The van der Waals surface area contributed by atoms with E-state index in [1.807, 2.05) is 0 Å². The molecule has 19 heavy (non-hydrogen) atoms. The van der Waals surface area contributed by atoms with Crippen molar-refractivity contribution in [3.05, 3.63) is 23.8 Å². The molecule has 0 saturated heterocycles. The molecule has 0 spiro atoms. The van der Waals surface area contributed by atoms with Crippen LogP contribution in [0.15, 0.2) is 18.2 Å². The number of hydrogen-bond donors (Lipinski definition) is 2. The number of nitrogens with two attached hydrogens (primary N) is 1. The number of ether oxygens (including phenoxy) is 2. The van der Waals surface area contributed by atoms with Gasteiger partial charge in [-0.3, -0.25) is 4.79 Å². The molecule has 0 saturated carbocycles. The third kappa shape index (κ3) is 4.76. The first kappa shape index (κ1) is 15.3. The molecule has 106 valence electrons. The van der Waals surface area contributed by atoms with Crippen LogP contribution >= 0.6 is 0 Å². The maximum atomic E-state index is 11.8. The number of sulfonamides is 1. The Hall–Kier alpha value is -1.80. The van der Waals surface area contributed by atoms with Crippen molar-refractivity contribution in [2.24, 2.45) is 5.14 Å². The second-order valence-corrected chi connectivity index (χ2v) is 5.42. The minimum absolute atomic E-state index is 0.0626. The second kappa shape index (κ2) is 6.39. The lowest BCUT2D eigenvalue weighted by molar-refractivity contribution is 0.0953. The zero-order valence-electron chi connectivity index (χ0n) is 10.7. The van der Waals surface area contributed by atoms with Crippen LogP contribution in [0.3, 0.4) is 0 Å². The van der Waals surface area contributed by atoms with Crippen LogP contribution < -0.4 is 19.9 Å². The van der Waals surface area contributed by atoms with Crippen LogP contribution in [-0.2, 0) is 10.0 Å². The zero-order chi connectivity index (χ0) is 14.5. The fourth-order valence-corrected chi connectivity index (χ4v) is 1.77. The highest BCUT2D eigenvalue weighted by Crippen LogP contribution is 2.24. The number of nitrogens with one attached hydrogen (secondary N) is 1. The third-order valence-corrected chi connectivity index (χ3v) is 3.10. The maximum Gasteiger partial charge on any atom is 0.255 e. The van der Waals surface area contributed by atoms with Gasteiger partial charge in [0.05, 0.1) is 25.5 Å². The minimum Gasteiger partial charge on any atom is -0.497 e. The maximum absolute atomic E-state index is 11.8. The number of primary sulfonamides is 1. The van der Waals surface area contributed by atoms with Gasteiger partial charge < -0.3 is 14.8 Å². The van der Waals surface area contributed by atoms with Crippen molar-refractivity contribution in [1.82, 2.24) is 5.32 Å². The standard InChI is InChI=1S/C11H16N2O5S/c1-17-8-3-4-9(10(7-8)18-2)11(14)13-5-6-19(12,15)16/h3-4,7H,5-6H2,1-2H3,(H,13,14)(H2,12,15,16). The number of hydrogen-bond acceptors (Lipinski definition) is 5. The summed E-state index contributed by atoms with van der Waals surface area (Å²) in [5.41, 5.74) is 0.290. The Bertz CT molecular complexity index is 556. The molecule has 0 atom stereocenters. The van der Waals surface area contributed by atoms with E-state index in [2.05, 4.69) is 5.32 Å². The monoisotopic (exact) mass is 288 g/mol. The third-order valence-electron chi connectivity index (χ3n) is 2.33. The predicted octanol–water partition coefficient (Wildman–Crippen LogP) is -0.278. The molecular weight excluding hydrogens is 272 g/mol. The molecule has 0 unspecified atom stereocenters. The van der Waals surface area contributed by atoms with Crippen LogP contribution in [0.1, 0.15) is 10.4 Å². The second-order valence-electron chi connectivity index (χ2n) is 3.69. The van der Waals surface area contributed by atoms with Gasteiger partial charge in [-0.05, 0) is 12.1 Å². The number of benzene rings is 1. The van der Waals surface area contributed by atoms with Crippen LogP contribution in [0, 0.1) is 0 Å². The number of methoxy groups -OCH3 is 2. The van der Waals surface area contributed by atoms with Crippen LogP contribution in [0.25, 0.3) is 0 Å². The average molecular weight is 288 g/mol. The summed E-state index contributed by atoms with van der Waals surface area (Å²) >= 11 is 0. The minimum atomic E-state index is -3.59. The molecule has 0 aliphatic rings. The van der Waals surface area contributed by atoms with Gasteiger partial charge in [0.1, 0.15) is 11.5 Å². The highest BCUT2D eigenvalue weighted by molar-refractivity contribution is 7.89. The van der Waals surface area contributed by atoms with Crippen molar-refractivity contribution in [3.8, 4) is 11.5 Å². The Balaban J connectivity index is 2.76. The molecule has 8 heteroatoms. The SMILES string of the molecule is COc1ccc(C(=O)NCCS(N)(=O)=O)c(OC)c1. The fourth-order valence-electron chi connectivity index (χ4n) is 1.39. The highest BCUT2D eigenvalue weighted by Gasteiger charge is 2.13. The molecule has 3 N–H and O–H groups in total. The van der Waals surface area contributed by atoms with Gasteiger partial charge in [-0.15, -0.1) is 0 Å². The van der Waals surface area contributed by atoms with Gasteiger partial charge in [-0.1, -0.05) is 0 Å². The Morgan fingerprint density at radius 2 is 2.00 bits per heavy atom. The summed E-state index contributed by atoms with van der Waals surface area (Å²) in [6, 6.07) is 4.70. The van der Waals surface area contributed by atoms with Crippen molar-refractivity contribution in [3.63, 3.8) is 0 Å².